The Balaban J connectivity index is 2.41. The summed E-state index contributed by atoms with van der Waals surface area (Å²) < 4.78 is 41.6. The SMILES string of the molecule is Cc1ccc(C(n2nc(C(F)(F)F)c3c(=O)[nH]c(=O)[nH]c32)C(C)(C)C)cc1. The van der Waals surface area contributed by atoms with Gasteiger partial charge in [-0.2, -0.15) is 18.3 Å². The van der Waals surface area contributed by atoms with Crippen LogP contribution in [0.15, 0.2) is 33.9 Å². The zero-order chi connectivity index (χ0) is 20.1. The van der Waals surface area contributed by atoms with Crippen LogP contribution < -0.4 is 11.2 Å². The number of hydrogen-bond donors (Lipinski definition) is 2. The van der Waals surface area contributed by atoms with Crippen molar-refractivity contribution in [3.05, 3.63) is 61.9 Å². The minimum atomic E-state index is -4.84. The fourth-order valence-corrected chi connectivity index (χ4v) is 3.22. The van der Waals surface area contributed by atoms with Crippen molar-refractivity contribution in [3.63, 3.8) is 0 Å². The van der Waals surface area contributed by atoms with E-state index in [-0.39, 0.29) is 5.65 Å². The molecule has 0 spiro atoms. The Hall–Kier alpha value is -2.84. The molecule has 0 aliphatic rings. The normalized spacial score (nSPS) is 13.9. The van der Waals surface area contributed by atoms with Gasteiger partial charge in [0.05, 0.1) is 6.04 Å². The lowest BCUT2D eigenvalue weighted by Gasteiger charge is -2.31. The molecule has 0 aliphatic carbocycles. The number of halogens is 3. The molecule has 9 heteroatoms. The predicted molar refractivity (Wildman–Crippen MR) is 94.7 cm³/mol. The first kappa shape index (κ1) is 18.9. The summed E-state index contributed by atoms with van der Waals surface area (Å²) in [5.41, 5.74) is -2.43. The third-order valence-corrected chi connectivity index (χ3v) is 4.32. The molecule has 1 aromatic carbocycles. The molecule has 0 amide bonds. The second kappa shape index (κ2) is 6.11. The van der Waals surface area contributed by atoms with Crippen LogP contribution in [0.4, 0.5) is 13.2 Å². The van der Waals surface area contributed by atoms with E-state index in [0.29, 0.717) is 5.56 Å². The van der Waals surface area contributed by atoms with Crippen LogP contribution in [0.25, 0.3) is 11.0 Å². The molecule has 2 N–H and O–H groups in total. The van der Waals surface area contributed by atoms with Crippen molar-refractivity contribution in [2.24, 2.45) is 5.41 Å². The van der Waals surface area contributed by atoms with E-state index in [0.717, 1.165) is 10.2 Å². The topological polar surface area (TPSA) is 83.5 Å². The lowest BCUT2D eigenvalue weighted by molar-refractivity contribution is -0.140. The Morgan fingerprint density at radius 1 is 1.04 bits per heavy atom. The highest BCUT2D eigenvalue weighted by atomic mass is 19.4. The van der Waals surface area contributed by atoms with Crippen molar-refractivity contribution in [2.75, 3.05) is 0 Å². The summed E-state index contributed by atoms with van der Waals surface area (Å²) >= 11 is 0. The van der Waals surface area contributed by atoms with Gasteiger partial charge in [0, 0.05) is 0 Å². The molecule has 0 saturated heterocycles. The van der Waals surface area contributed by atoms with Crippen molar-refractivity contribution in [2.45, 2.75) is 39.9 Å². The quantitative estimate of drug-likeness (QED) is 0.715. The number of hydrogen-bond acceptors (Lipinski definition) is 3. The molecule has 0 radical (unpaired) electrons. The number of nitrogens with one attached hydrogen (secondary N) is 2. The molecule has 2 aromatic heterocycles. The number of aromatic nitrogens is 4. The van der Waals surface area contributed by atoms with Gasteiger partial charge in [-0.25, -0.2) is 9.48 Å². The van der Waals surface area contributed by atoms with Crippen molar-refractivity contribution in [1.82, 2.24) is 19.7 Å². The van der Waals surface area contributed by atoms with Crippen LogP contribution in [0, 0.1) is 12.3 Å². The summed E-state index contributed by atoms with van der Waals surface area (Å²) in [6.07, 6.45) is -4.84. The number of alkyl halides is 3. The number of aryl methyl sites for hydroxylation is 1. The standard InChI is InChI=1S/C18H19F3N4O2/c1-9-5-7-10(8-6-9)13(17(2,3)4)25-14-11(12(24-25)18(19,20)21)15(26)23-16(27)22-14/h5-8,13H,1-4H3,(H2,22,23,26,27). The van der Waals surface area contributed by atoms with Gasteiger partial charge in [-0.3, -0.25) is 14.8 Å². The largest absolute Gasteiger partial charge is 0.436 e. The Morgan fingerprint density at radius 2 is 1.63 bits per heavy atom. The number of nitrogens with zero attached hydrogens (tertiary/aromatic N) is 2. The van der Waals surface area contributed by atoms with E-state index in [1.165, 1.54) is 0 Å². The maximum atomic E-state index is 13.5. The van der Waals surface area contributed by atoms with Gasteiger partial charge >= 0.3 is 11.9 Å². The van der Waals surface area contributed by atoms with E-state index >= 15 is 0 Å². The Bertz CT molecular complexity index is 1100. The van der Waals surface area contributed by atoms with Gasteiger partial charge in [0.2, 0.25) is 0 Å². The average molecular weight is 380 g/mol. The number of rotatable bonds is 2. The summed E-state index contributed by atoms with van der Waals surface area (Å²) in [7, 11) is 0. The van der Waals surface area contributed by atoms with Crippen LogP contribution in [0.2, 0.25) is 0 Å². The van der Waals surface area contributed by atoms with E-state index in [1.807, 2.05) is 44.8 Å². The molecule has 144 valence electrons. The molecule has 0 aliphatic heterocycles. The average Bonchev–Trinajstić information content (AvgIpc) is 2.88. The van der Waals surface area contributed by atoms with Crippen molar-refractivity contribution in [3.8, 4) is 0 Å². The monoisotopic (exact) mass is 380 g/mol. The fourth-order valence-electron chi connectivity index (χ4n) is 3.22. The highest BCUT2D eigenvalue weighted by Crippen LogP contribution is 2.40. The van der Waals surface area contributed by atoms with E-state index in [2.05, 4.69) is 10.1 Å². The molecule has 0 bridgehead atoms. The summed E-state index contributed by atoms with van der Waals surface area (Å²) in [5.74, 6) is 0. The molecule has 27 heavy (non-hydrogen) atoms. The highest BCUT2D eigenvalue weighted by Gasteiger charge is 2.41. The number of H-pyrrole nitrogens is 2. The molecule has 0 fully saturated rings. The summed E-state index contributed by atoms with van der Waals surface area (Å²) in [5, 5.41) is 3.05. The van der Waals surface area contributed by atoms with Crippen LogP contribution >= 0.6 is 0 Å². The highest BCUT2D eigenvalue weighted by molar-refractivity contribution is 5.78. The van der Waals surface area contributed by atoms with E-state index in [4.69, 9.17) is 0 Å². The van der Waals surface area contributed by atoms with Crippen LogP contribution in [-0.2, 0) is 6.18 Å². The maximum absolute atomic E-state index is 13.5. The first-order valence-electron chi connectivity index (χ1n) is 8.28. The third kappa shape index (κ3) is 3.41. The summed E-state index contributed by atoms with van der Waals surface area (Å²) in [6, 6.07) is 6.66. The molecule has 6 nitrogen and oxygen atoms in total. The first-order chi connectivity index (χ1) is 12.4. The van der Waals surface area contributed by atoms with E-state index in [9.17, 15) is 22.8 Å². The molecule has 1 unspecified atom stereocenters. The second-order valence-corrected chi connectivity index (χ2v) is 7.60. The zero-order valence-electron chi connectivity index (χ0n) is 15.2. The fraction of sp³-hybridized carbons (Fsp3) is 0.389. The van der Waals surface area contributed by atoms with Crippen molar-refractivity contribution in [1.29, 1.82) is 0 Å². The van der Waals surface area contributed by atoms with Crippen LogP contribution in [0.5, 0.6) is 0 Å². The van der Waals surface area contributed by atoms with Crippen molar-refractivity contribution >= 4 is 11.0 Å². The van der Waals surface area contributed by atoms with Gasteiger partial charge in [0.15, 0.2) is 5.69 Å². The number of benzene rings is 1. The Kier molecular flexibility index (Phi) is 4.28. The van der Waals surface area contributed by atoms with Gasteiger partial charge in [0.25, 0.3) is 5.56 Å². The molecular weight excluding hydrogens is 361 g/mol. The minimum absolute atomic E-state index is 0.253. The van der Waals surface area contributed by atoms with Gasteiger partial charge < -0.3 is 0 Å². The Labute approximate surface area is 152 Å². The molecule has 2 heterocycles. The Morgan fingerprint density at radius 3 is 2.15 bits per heavy atom. The zero-order valence-corrected chi connectivity index (χ0v) is 15.2. The minimum Gasteiger partial charge on any atom is -0.291 e. The second-order valence-electron chi connectivity index (χ2n) is 7.60. The maximum Gasteiger partial charge on any atom is 0.436 e. The van der Waals surface area contributed by atoms with E-state index < -0.39 is 40.0 Å². The third-order valence-electron chi connectivity index (χ3n) is 4.32. The van der Waals surface area contributed by atoms with Crippen molar-refractivity contribution < 1.29 is 13.2 Å². The van der Waals surface area contributed by atoms with Crippen LogP contribution in [-0.4, -0.2) is 19.7 Å². The van der Waals surface area contributed by atoms with Crippen LogP contribution in [0.3, 0.4) is 0 Å². The molecule has 1 atom stereocenters. The van der Waals surface area contributed by atoms with Crippen LogP contribution in [0.1, 0.15) is 43.6 Å². The van der Waals surface area contributed by atoms with Gasteiger partial charge in [-0.15, -0.1) is 0 Å². The number of fused-ring (bicyclic) bond motifs is 1. The smallest absolute Gasteiger partial charge is 0.291 e. The number of aromatic amines is 2. The van der Waals surface area contributed by atoms with Gasteiger partial charge in [-0.1, -0.05) is 50.6 Å². The summed E-state index contributed by atoms with van der Waals surface area (Å²) in [6.45, 7) is 7.45. The summed E-state index contributed by atoms with van der Waals surface area (Å²) in [4.78, 5) is 28.0. The molecular formula is C18H19F3N4O2. The molecule has 3 aromatic rings. The first-order valence-corrected chi connectivity index (χ1v) is 8.28. The molecule has 3 rings (SSSR count). The van der Waals surface area contributed by atoms with E-state index in [1.54, 1.807) is 12.1 Å². The predicted octanol–water partition coefficient (Wildman–Crippen LogP) is 3.38. The lowest BCUT2D eigenvalue weighted by Crippen LogP contribution is -2.28. The lowest BCUT2D eigenvalue weighted by atomic mass is 9.82. The molecule has 0 saturated carbocycles. The van der Waals surface area contributed by atoms with Gasteiger partial charge in [-0.05, 0) is 17.9 Å². The van der Waals surface area contributed by atoms with Gasteiger partial charge in [0.1, 0.15) is 11.0 Å².